The Morgan fingerprint density at radius 2 is 2.07 bits per heavy atom. The second-order valence-electron chi connectivity index (χ2n) is 7.52. The van der Waals surface area contributed by atoms with Crippen LogP contribution in [0.2, 0.25) is 0 Å². The van der Waals surface area contributed by atoms with E-state index < -0.39 is 16.4 Å². The normalized spacial score (nSPS) is 21.4. The zero-order valence-corrected chi connectivity index (χ0v) is 15.7. The average Bonchev–Trinajstić information content (AvgIpc) is 3.13. The number of nitrogens with zero attached hydrogens (tertiary/aromatic N) is 4. The van der Waals surface area contributed by atoms with Crippen LogP contribution in [0.5, 0.6) is 0 Å². The molecule has 2 aromatic rings. The van der Waals surface area contributed by atoms with Gasteiger partial charge in [0.25, 0.3) is 0 Å². The predicted molar refractivity (Wildman–Crippen MR) is 100 cm³/mol. The van der Waals surface area contributed by atoms with Crippen molar-refractivity contribution in [2.75, 3.05) is 18.1 Å². The van der Waals surface area contributed by atoms with Gasteiger partial charge in [-0.25, -0.2) is 0 Å². The summed E-state index contributed by atoms with van der Waals surface area (Å²) in [5, 5.41) is 15.6. The molecule has 0 radical (unpaired) electrons. The van der Waals surface area contributed by atoms with Gasteiger partial charge in [-0.05, 0) is 11.0 Å². The molecule has 144 valence electrons. The Morgan fingerprint density at radius 3 is 2.70 bits per heavy atom. The second-order valence-corrected chi connectivity index (χ2v) is 7.52. The number of carbonyl (C=O) groups excluding carboxylic acids is 1. The van der Waals surface area contributed by atoms with E-state index in [2.05, 4.69) is 5.10 Å². The number of nitro groups is 1. The van der Waals surface area contributed by atoms with Crippen molar-refractivity contribution in [2.24, 2.45) is 18.4 Å². The van der Waals surface area contributed by atoms with E-state index in [-0.39, 0.29) is 17.4 Å². The van der Waals surface area contributed by atoms with Gasteiger partial charge in [0.1, 0.15) is 12.5 Å². The highest BCUT2D eigenvalue weighted by atomic mass is 16.6. The molecule has 0 N–H and O–H groups in total. The lowest BCUT2D eigenvalue weighted by atomic mass is 9.77. The number of aromatic nitrogens is 2. The van der Waals surface area contributed by atoms with Crippen molar-refractivity contribution >= 4 is 17.8 Å². The topological polar surface area (TPSA) is 90.5 Å². The highest BCUT2D eigenvalue weighted by molar-refractivity contribution is 5.71. The van der Waals surface area contributed by atoms with Gasteiger partial charge in [-0.3, -0.25) is 14.8 Å². The van der Waals surface area contributed by atoms with Crippen molar-refractivity contribution in [1.29, 1.82) is 0 Å². The molecular weight excluding hydrogens is 348 g/mol. The van der Waals surface area contributed by atoms with E-state index in [1.807, 2.05) is 44.2 Å². The number of aldehydes is 1. The molecule has 8 nitrogen and oxygen atoms in total. The SMILES string of the molecule is Cn1cc([N+](=O)[O-])c(N2CC(COCc3ccccc3)C(C)(C)C2C=O)n1. The van der Waals surface area contributed by atoms with Crippen molar-refractivity contribution in [3.05, 3.63) is 52.2 Å². The summed E-state index contributed by atoms with van der Waals surface area (Å²) in [7, 11) is 1.63. The lowest BCUT2D eigenvalue weighted by molar-refractivity contribution is -0.384. The Kier molecular flexibility index (Phi) is 5.27. The molecule has 2 atom stereocenters. The number of ether oxygens (including phenoxy) is 1. The summed E-state index contributed by atoms with van der Waals surface area (Å²) >= 11 is 0. The van der Waals surface area contributed by atoms with Crippen LogP contribution in [-0.2, 0) is 23.2 Å². The fraction of sp³-hybridized carbons (Fsp3) is 0.474. The average molecular weight is 372 g/mol. The number of hydrogen-bond acceptors (Lipinski definition) is 6. The Balaban J connectivity index is 1.78. The van der Waals surface area contributed by atoms with E-state index >= 15 is 0 Å². The van der Waals surface area contributed by atoms with E-state index in [1.165, 1.54) is 10.9 Å². The third-order valence-electron chi connectivity index (χ3n) is 5.39. The minimum absolute atomic E-state index is 0.0398. The fourth-order valence-electron chi connectivity index (χ4n) is 3.65. The second kappa shape index (κ2) is 7.48. The zero-order valence-electron chi connectivity index (χ0n) is 15.7. The molecule has 1 aliphatic rings. The van der Waals surface area contributed by atoms with Crippen LogP contribution >= 0.6 is 0 Å². The summed E-state index contributed by atoms with van der Waals surface area (Å²) in [5.74, 6) is 0.274. The Labute approximate surface area is 157 Å². The number of hydrogen-bond donors (Lipinski definition) is 0. The molecule has 3 rings (SSSR count). The van der Waals surface area contributed by atoms with Crippen LogP contribution in [0.3, 0.4) is 0 Å². The first-order valence-electron chi connectivity index (χ1n) is 8.86. The monoisotopic (exact) mass is 372 g/mol. The maximum atomic E-state index is 11.8. The first kappa shape index (κ1) is 19.0. The molecule has 1 aromatic heterocycles. The highest BCUT2D eigenvalue weighted by Crippen LogP contribution is 2.44. The molecular formula is C19H24N4O4. The largest absolute Gasteiger partial charge is 0.376 e. The van der Waals surface area contributed by atoms with Gasteiger partial charge in [0.05, 0.1) is 24.2 Å². The van der Waals surface area contributed by atoms with Crippen LogP contribution in [0.1, 0.15) is 19.4 Å². The van der Waals surface area contributed by atoms with Crippen molar-refractivity contribution in [3.63, 3.8) is 0 Å². The van der Waals surface area contributed by atoms with Crippen LogP contribution in [0.25, 0.3) is 0 Å². The summed E-state index contributed by atoms with van der Waals surface area (Å²) in [6.07, 6.45) is 2.22. The minimum atomic E-state index is -0.503. The van der Waals surface area contributed by atoms with Gasteiger partial charge in [0.15, 0.2) is 0 Å². The minimum Gasteiger partial charge on any atom is -0.376 e. The predicted octanol–water partition coefficient (Wildman–Crippen LogP) is 2.58. The van der Waals surface area contributed by atoms with Gasteiger partial charge in [-0.1, -0.05) is 44.2 Å². The van der Waals surface area contributed by atoms with E-state index in [4.69, 9.17) is 4.74 Å². The molecule has 0 bridgehead atoms. The quantitative estimate of drug-likeness (QED) is 0.421. The molecule has 1 saturated heterocycles. The molecule has 0 saturated carbocycles. The molecule has 2 unspecified atom stereocenters. The zero-order chi connectivity index (χ0) is 19.6. The van der Waals surface area contributed by atoms with Gasteiger partial charge in [0.2, 0.25) is 5.82 Å². The number of aryl methyl sites for hydroxylation is 1. The number of benzene rings is 1. The Hall–Kier alpha value is -2.74. The maximum Gasteiger partial charge on any atom is 0.330 e. The van der Waals surface area contributed by atoms with Gasteiger partial charge >= 0.3 is 5.69 Å². The summed E-state index contributed by atoms with van der Waals surface area (Å²) in [6.45, 7) is 5.42. The molecule has 2 heterocycles. The maximum absolute atomic E-state index is 11.8. The van der Waals surface area contributed by atoms with E-state index in [0.29, 0.717) is 19.8 Å². The van der Waals surface area contributed by atoms with Crippen molar-refractivity contribution in [1.82, 2.24) is 9.78 Å². The third-order valence-corrected chi connectivity index (χ3v) is 5.39. The highest BCUT2D eigenvalue weighted by Gasteiger charge is 2.50. The van der Waals surface area contributed by atoms with Crippen LogP contribution in [-0.4, -0.2) is 40.2 Å². The van der Waals surface area contributed by atoms with Gasteiger partial charge < -0.3 is 14.4 Å². The Bertz CT molecular complexity index is 818. The van der Waals surface area contributed by atoms with Crippen LogP contribution < -0.4 is 4.90 Å². The van der Waals surface area contributed by atoms with Crippen molar-refractivity contribution in [3.8, 4) is 0 Å². The summed E-state index contributed by atoms with van der Waals surface area (Å²) in [4.78, 5) is 24.5. The molecule has 1 aromatic carbocycles. The van der Waals surface area contributed by atoms with Crippen LogP contribution in [0, 0.1) is 21.4 Å². The molecule has 8 heteroatoms. The van der Waals surface area contributed by atoms with Crippen LogP contribution in [0.15, 0.2) is 36.5 Å². The first-order chi connectivity index (χ1) is 12.8. The summed E-state index contributed by atoms with van der Waals surface area (Å²) in [5.41, 5.74) is 0.590. The van der Waals surface area contributed by atoms with E-state index in [0.717, 1.165) is 11.8 Å². The molecule has 27 heavy (non-hydrogen) atoms. The van der Waals surface area contributed by atoms with Gasteiger partial charge in [0, 0.05) is 19.5 Å². The Morgan fingerprint density at radius 1 is 1.37 bits per heavy atom. The molecule has 1 aliphatic heterocycles. The number of carbonyl (C=O) groups is 1. The molecule has 1 fully saturated rings. The fourth-order valence-corrected chi connectivity index (χ4v) is 3.65. The lowest BCUT2D eigenvalue weighted by Gasteiger charge is -2.30. The van der Waals surface area contributed by atoms with Gasteiger partial charge in [-0.15, -0.1) is 5.10 Å². The molecule has 0 amide bonds. The van der Waals surface area contributed by atoms with E-state index in [1.54, 1.807) is 11.9 Å². The summed E-state index contributed by atoms with van der Waals surface area (Å²) in [6, 6.07) is 9.37. The van der Waals surface area contributed by atoms with E-state index in [9.17, 15) is 14.9 Å². The lowest BCUT2D eigenvalue weighted by Crippen LogP contribution is -2.39. The standard InChI is InChI=1S/C19H24N4O4/c1-19(2)15(13-27-12-14-7-5-4-6-8-14)9-22(17(19)11-24)18-16(23(25)26)10-21(3)20-18/h4-8,10-11,15,17H,9,12-13H2,1-3H3. The summed E-state index contributed by atoms with van der Waals surface area (Å²) < 4.78 is 7.30. The van der Waals surface area contributed by atoms with Crippen molar-refractivity contribution < 1.29 is 14.5 Å². The molecule has 0 aliphatic carbocycles. The first-order valence-corrected chi connectivity index (χ1v) is 8.86. The number of anilines is 1. The van der Waals surface area contributed by atoms with Crippen molar-refractivity contribution in [2.45, 2.75) is 26.5 Å². The number of rotatable bonds is 7. The third kappa shape index (κ3) is 3.71. The molecule has 0 spiro atoms. The smallest absolute Gasteiger partial charge is 0.330 e. The van der Waals surface area contributed by atoms with Gasteiger partial charge in [-0.2, -0.15) is 0 Å². The van der Waals surface area contributed by atoms with Crippen LogP contribution in [0.4, 0.5) is 11.5 Å².